The van der Waals surface area contributed by atoms with E-state index >= 15 is 0 Å². The number of aromatic nitrogens is 4. The van der Waals surface area contributed by atoms with Gasteiger partial charge >= 0.3 is 0 Å². The van der Waals surface area contributed by atoms with Crippen LogP contribution >= 0.6 is 0 Å². The number of ether oxygens (including phenoxy) is 2. The average molecular weight is 327 g/mol. The number of rotatable bonds is 4. The third kappa shape index (κ3) is 2.21. The van der Waals surface area contributed by atoms with E-state index in [1.807, 2.05) is 0 Å². The lowest BCUT2D eigenvalue weighted by atomic mass is 10.1. The summed E-state index contributed by atoms with van der Waals surface area (Å²) in [6.07, 6.45) is -2.83. The van der Waals surface area contributed by atoms with Crippen LogP contribution < -0.4 is 11.3 Å². The maximum Gasteiger partial charge on any atom is 0.288 e. The molecule has 0 saturated carbocycles. The minimum Gasteiger partial charge on any atom is -0.394 e. The van der Waals surface area contributed by atoms with Gasteiger partial charge in [0, 0.05) is 6.61 Å². The molecule has 2 aromatic rings. The van der Waals surface area contributed by atoms with Crippen LogP contribution in [0.5, 0.6) is 0 Å². The third-order valence-corrected chi connectivity index (χ3v) is 3.69. The standard InChI is InChI=1S/C12H17N5O6/c1-2-22-12(8(20)7(19)5(3-18)23-12)17-4-14-6-9(17)15-11(13)16-10(6)21/h4-5,7-8,18-20H,2-3H2,1H3,(H3,13,15,16,21)/t5-,7-,8-,12-/m1/s1. The highest BCUT2D eigenvalue weighted by molar-refractivity contribution is 5.70. The number of anilines is 1. The van der Waals surface area contributed by atoms with Crippen molar-refractivity contribution in [2.24, 2.45) is 0 Å². The van der Waals surface area contributed by atoms with E-state index in [0.717, 1.165) is 0 Å². The first-order valence-electron chi connectivity index (χ1n) is 6.96. The predicted molar refractivity (Wildman–Crippen MR) is 76.1 cm³/mol. The maximum atomic E-state index is 11.9. The molecule has 0 unspecified atom stereocenters. The molecule has 126 valence electrons. The summed E-state index contributed by atoms with van der Waals surface area (Å²) in [4.78, 5) is 22.1. The Balaban J connectivity index is 2.22. The molecule has 0 bridgehead atoms. The second-order valence-electron chi connectivity index (χ2n) is 5.08. The Morgan fingerprint density at radius 1 is 1.57 bits per heavy atom. The van der Waals surface area contributed by atoms with Crippen LogP contribution in [0.3, 0.4) is 0 Å². The molecule has 2 aromatic heterocycles. The van der Waals surface area contributed by atoms with Gasteiger partial charge in [0.25, 0.3) is 11.5 Å². The molecule has 23 heavy (non-hydrogen) atoms. The van der Waals surface area contributed by atoms with Crippen molar-refractivity contribution < 1.29 is 24.8 Å². The number of aromatic amines is 1. The number of nitrogens with one attached hydrogen (secondary N) is 1. The maximum absolute atomic E-state index is 11.9. The van der Waals surface area contributed by atoms with Gasteiger partial charge < -0.3 is 30.5 Å². The van der Waals surface area contributed by atoms with Gasteiger partial charge in [-0.25, -0.2) is 4.98 Å². The number of hydrogen-bond donors (Lipinski definition) is 5. The molecule has 11 nitrogen and oxygen atoms in total. The smallest absolute Gasteiger partial charge is 0.288 e. The fourth-order valence-electron chi connectivity index (χ4n) is 2.67. The summed E-state index contributed by atoms with van der Waals surface area (Å²) in [5.74, 6) is -2.04. The highest BCUT2D eigenvalue weighted by Gasteiger charge is 2.57. The normalized spacial score (nSPS) is 31.0. The summed E-state index contributed by atoms with van der Waals surface area (Å²) in [5, 5.41) is 29.7. The first-order valence-corrected chi connectivity index (χ1v) is 6.96. The van der Waals surface area contributed by atoms with E-state index in [2.05, 4.69) is 15.0 Å². The number of H-pyrrole nitrogens is 1. The van der Waals surface area contributed by atoms with Crippen molar-refractivity contribution in [3.8, 4) is 0 Å². The second-order valence-corrected chi connectivity index (χ2v) is 5.08. The van der Waals surface area contributed by atoms with Crippen molar-refractivity contribution in [3.63, 3.8) is 0 Å². The molecule has 1 aliphatic rings. The van der Waals surface area contributed by atoms with E-state index < -0.39 is 36.4 Å². The summed E-state index contributed by atoms with van der Waals surface area (Å²) in [6.45, 7) is 1.24. The molecule has 0 aromatic carbocycles. The number of fused-ring (bicyclic) bond motifs is 1. The lowest BCUT2D eigenvalue weighted by Crippen LogP contribution is -2.47. The Hall–Kier alpha value is -2.05. The fraction of sp³-hybridized carbons (Fsp3) is 0.583. The first kappa shape index (κ1) is 15.8. The van der Waals surface area contributed by atoms with Crippen LogP contribution in [0.25, 0.3) is 11.2 Å². The number of nitrogen functional groups attached to an aromatic ring is 1. The number of aliphatic hydroxyl groups is 3. The highest BCUT2D eigenvalue weighted by atomic mass is 16.7. The molecule has 1 fully saturated rings. The molecule has 0 aliphatic carbocycles. The van der Waals surface area contributed by atoms with Crippen LogP contribution in [0.2, 0.25) is 0 Å². The van der Waals surface area contributed by atoms with Crippen LogP contribution in [-0.2, 0) is 15.4 Å². The molecule has 6 N–H and O–H groups in total. The van der Waals surface area contributed by atoms with Gasteiger partial charge in [-0.15, -0.1) is 0 Å². The van der Waals surface area contributed by atoms with Crippen LogP contribution in [0.1, 0.15) is 6.92 Å². The third-order valence-electron chi connectivity index (χ3n) is 3.69. The van der Waals surface area contributed by atoms with Gasteiger partial charge in [0.2, 0.25) is 5.95 Å². The minimum atomic E-state index is -1.89. The molecule has 0 spiro atoms. The van der Waals surface area contributed by atoms with Crippen molar-refractivity contribution in [2.75, 3.05) is 18.9 Å². The van der Waals surface area contributed by atoms with E-state index in [-0.39, 0.29) is 23.7 Å². The number of nitrogens with two attached hydrogens (primary N) is 1. The van der Waals surface area contributed by atoms with Crippen molar-refractivity contribution in [3.05, 3.63) is 16.7 Å². The van der Waals surface area contributed by atoms with Gasteiger partial charge in [0.1, 0.15) is 18.5 Å². The largest absolute Gasteiger partial charge is 0.394 e. The van der Waals surface area contributed by atoms with E-state index in [0.29, 0.717) is 0 Å². The zero-order valence-corrected chi connectivity index (χ0v) is 12.2. The van der Waals surface area contributed by atoms with Crippen LogP contribution in [0.4, 0.5) is 5.95 Å². The Kier molecular flexibility index (Phi) is 3.82. The van der Waals surface area contributed by atoms with Gasteiger partial charge in [-0.2, -0.15) is 4.98 Å². The molecular weight excluding hydrogens is 310 g/mol. The SMILES string of the molecule is CCO[C@@]1(n2cnc3c(=O)[nH]c(N)nc32)O[C@H](CO)[C@@H](O)[C@H]1O. The van der Waals surface area contributed by atoms with E-state index in [9.17, 15) is 20.1 Å². The van der Waals surface area contributed by atoms with E-state index in [4.69, 9.17) is 15.2 Å². The topological polar surface area (TPSA) is 169 Å². The van der Waals surface area contributed by atoms with Gasteiger partial charge in [-0.3, -0.25) is 14.3 Å². The molecule has 4 atom stereocenters. The molecule has 1 aliphatic heterocycles. The number of imidazole rings is 1. The lowest BCUT2D eigenvalue weighted by molar-refractivity contribution is -0.312. The van der Waals surface area contributed by atoms with Crippen LogP contribution in [0.15, 0.2) is 11.1 Å². The summed E-state index contributed by atoms with van der Waals surface area (Å²) >= 11 is 0. The summed E-state index contributed by atoms with van der Waals surface area (Å²) in [5.41, 5.74) is 4.96. The van der Waals surface area contributed by atoms with Gasteiger partial charge in [0.05, 0.1) is 6.61 Å². The Morgan fingerprint density at radius 3 is 2.91 bits per heavy atom. The molecule has 11 heteroatoms. The Bertz CT molecular complexity index is 775. The summed E-state index contributed by atoms with van der Waals surface area (Å²) < 4.78 is 12.3. The van der Waals surface area contributed by atoms with E-state index in [1.165, 1.54) is 10.9 Å². The van der Waals surface area contributed by atoms with E-state index in [1.54, 1.807) is 6.92 Å². The monoisotopic (exact) mass is 327 g/mol. The van der Waals surface area contributed by atoms with Crippen molar-refractivity contribution in [1.82, 2.24) is 19.5 Å². The minimum absolute atomic E-state index is 0.0181. The molecule has 0 radical (unpaired) electrons. The van der Waals surface area contributed by atoms with Crippen molar-refractivity contribution in [2.45, 2.75) is 31.1 Å². The zero-order chi connectivity index (χ0) is 16.8. The molecule has 0 amide bonds. The second kappa shape index (κ2) is 5.54. The lowest BCUT2D eigenvalue weighted by Gasteiger charge is -2.32. The van der Waals surface area contributed by atoms with Gasteiger partial charge in [-0.05, 0) is 6.92 Å². The fourth-order valence-corrected chi connectivity index (χ4v) is 2.67. The summed E-state index contributed by atoms with van der Waals surface area (Å²) in [7, 11) is 0. The molecule has 1 saturated heterocycles. The Morgan fingerprint density at radius 2 is 2.30 bits per heavy atom. The average Bonchev–Trinajstić information content (AvgIpc) is 3.03. The Labute approximate surface area is 129 Å². The van der Waals surface area contributed by atoms with Gasteiger partial charge in [-0.1, -0.05) is 0 Å². The number of nitrogens with zero attached hydrogens (tertiary/aromatic N) is 3. The number of aliphatic hydroxyl groups excluding tert-OH is 3. The first-order chi connectivity index (χ1) is 10.9. The van der Waals surface area contributed by atoms with Crippen molar-refractivity contribution in [1.29, 1.82) is 0 Å². The molecular formula is C12H17N5O6. The van der Waals surface area contributed by atoms with Crippen LogP contribution in [-0.4, -0.2) is 66.4 Å². The van der Waals surface area contributed by atoms with Gasteiger partial charge in [0.15, 0.2) is 17.3 Å². The van der Waals surface area contributed by atoms with Crippen molar-refractivity contribution >= 4 is 17.1 Å². The molecule has 3 heterocycles. The highest BCUT2D eigenvalue weighted by Crippen LogP contribution is 2.38. The summed E-state index contributed by atoms with van der Waals surface area (Å²) in [6, 6.07) is 0. The zero-order valence-electron chi connectivity index (χ0n) is 12.2. The predicted octanol–water partition coefficient (Wildman–Crippen LogP) is -2.54. The van der Waals surface area contributed by atoms with Crippen LogP contribution in [0, 0.1) is 0 Å². The number of hydrogen-bond acceptors (Lipinski definition) is 9. The molecule has 3 rings (SSSR count). The quantitative estimate of drug-likeness (QED) is 0.406.